The first-order valence-electron chi connectivity index (χ1n) is 9.36. The van der Waals surface area contributed by atoms with Crippen LogP contribution in [0.1, 0.15) is 51.6 Å². The number of carbonyl (C=O) groups is 1. The quantitative estimate of drug-likeness (QED) is 0.407. The summed E-state index contributed by atoms with van der Waals surface area (Å²) in [5.74, 6) is 2.35. The van der Waals surface area contributed by atoms with Gasteiger partial charge < -0.3 is 20.7 Å². The van der Waals surface area contributed by atoms with E-state index in [9.17, 15) is 4.79 Å². The lowest BCUT2D eigenvalue weighted by Crippen LogP contribution is -2.35. The zero-order valence-corrected chi connectivity index (χ0v) is 17.1. The zero-order valence-electron chi connectivity index (χ0n) is 16.3. The molecule has 0 spiro atoms. The Morgan fingerprint density at radius 3 is 2.64 bits per heavy atom. The summed E-state index contributed by atoms with van der Waals surface area (Å²) in [7, 11) is 0. The number of H-pyrrole nitrogens is 1. The molecule has 10 heteroatoms. The van der Waals surface area contributed by atoms with Gasteiger partial charge in [0.1, 0.15) is 17.2 Å². The van der Waals surface area contributed by atoms with Gasteiger partial charge in [-0.3, -0.25) is 5.10 Å². The van der Waals surface area contributed by atoms with Gasteiger partial charge in [-0.2, -0.15) is 5.10 Å². The Labute approximate surface area is 169 Å². The Morgan fingerprint density at radius 1 is 1.21 bits per heavy atom. The van der Waals surface area contributed by atoms with E-state index in [-0.39, 0.29) is 5.28 Å². The molecule has 4 N–H and O–H groups in total. The summed E-state index contributed by atoms with van der Waals surface area (Å²) >= 11 is 6.02. The number of ether oxygens (including phenoxy) is 1. The highest BCUT2D eigenvalue weighted by Gasteiger charge is 2.21. The molecule has 0 aromatic carbocycles. The van der Waals surface area contributed by atoms with Gasteiger partial charge in [0.15, 0.2) is 5.82 Å². The largest absolute Gasteiger partial charge is 0.444 e. The topological polar surface area (TPSA) is 117 Å². The van der Waals surface area contributed by atoms with Crippen LogP contribution in [0.2, 0.25) is 5.28 Å². The van der Waals surface area contributed by atoms with Gasteiger partial charge in [0.05, 0.1) is 0 Å². The molecule has 1 aliphatic rings. The smallest absolute Gasteiger partial charge is 0.407 e. The highest BCUT2D eigenvalue weighted by Crippen LogP contribution is 2.36. The zero-order chi connectivity index (χ0) is 20.1. The molecule has 3 rings (SSSR count). The first-order valence-corrected chi connectivity index (χ1v) is 9.74. The second-order valence-electron chi connectivity index (χ2n) is 7.72. The monoisotopic (exact) mass is 407 g/mol. The summed E-state index contributed by atoms with van der Waals surface area (Å²) < 4.78 is 5.18. The highest BCUT2D eigenvalue weighted by atomic mass is 35.5. The number of nitrogens with one attached hydrogen (secondary N) is 4. The maximum atomic E-state index is 11.6. The highest BCUT2D eigenvalue weighted by molar-refractivity contribution is 6.28. The van der Waals surface area contributed by atoms with Crippen molar-refractivity contribution in [2.75, 3.05) is 23.7 Å². The minimum atomic E-state index is -0.525. The lowest BCUT2D eigenvalue weighted by Gasteiger charge is -2.23. The van der Waals surface area contributed by atoms with Crippen LogP contribution in [0.15, 0.2) is 12.1 Å². The predicted molar refractivity (Wildman–Crippen MR) is 108 cm³/mol. The lowest BCUT2D eigenvalue weighted by atomic mass is 9.83. The van der Waals surface area contributed by atoms with E-state index in [1.54, 1.807) is 6.07 Å². The van der Waals surface area contributed by atoms with Gasteiger partial charge in [0.25, 0.3) is 0 Å². The maximum absolute atomic E-state index is 11.6. The minimum absolute atomic E-state index is 0.113. The van der Waals surface area contributed by atoms with Crippen molar-refractivity contribution >= 4 is 35.1 Å². The number of anilines is 3. The van der Waals surface area contributed by atoms with E-state index in [4.69, 9.17) is 16.3 Å². The normalized spacial score (nSPS) is 14.3. The van der Waals surface area contributed by atoms with E-state index < -0.39 is 11.7 Å². The average Bonchev–Trinajstić information content (AvgIpc) is 2.95. The summed E-state index contributed by atoms with van der Waals surface area (Å²) in [5, 5.41) is 16.4. The Bertz CT molecular complexity index is 815. The minimum Gasteiger partial charge on any atom is -0.444 e. The van der Waals surface area contributed by atoms with Crippen molar-refractivity contribution < 1.29 is 9.53 Å². The number of hydrogen-bond donors (Lipinski definition) is 4. The van der Waals surface area contributed by atoms with Crippen molar-refractivity contribution in [3.05, 3.63) is 23.1 Å². The van der Waals surface area contributed by atoms with E-state index in [0.717, 1.165) is 5.69 Å². The van der Waals surface area contributed by atoms with E-state index in [2.05, 4.69) is 36.1 Å². The number of rotatable bonds is 7. The van der Waals surface area contributed by atoms with Gasteiger partial charge in [-0.25, -0.2) is 14.8 Å². The van der Waals surface area contributed by atoms with Gasteiger partial charge in [0, 0.05) is 36.8 Å². The van der Waals surface area contributed by atoms with Crippen LogP contribution in [0.4, 0.5) is 22.2 Å². The second kappa shape index (κ2) is 8.64. The number of aromatic nitrogens is 4. The summed E-state index contributed by atoms with van der Waals surface area (Å²) in [5.41, 5.74) is 0.615. The van der Waals surface area contributed by atoms with Crippen LogP contribution in [0.25, 0.3) is 0 Å². The Hall–Kier alpha value is -2.55. The van der Waals surface area contributed by atoms with Crippen molar-refractivity contribution in [3.63, 3.8) is 0 Å². The van der Waals surface area contributed by atoms with Gasteiger partial charge in [0.2, 0.25) is 5.28 Å². The molecule has 2 heterocycles. The predicted octanol–water partition coefficient (Wildman–Crippen LogP) is 3.80. The van der Waals surface area contributed by atoms with Crippen molar-refractivity contribution in [3.8, 4) is 0 Å². The molecule has 0 atom stereocenters. The van der Waals surface area contributed by atoms with Crippen LogP contribution in [0, 0.1) is 0 Å². The number of carbonyl (C=O) groups excluding carboxylic acids is 1. The Kier molecular flexibility index (Phi) is 6.23. The summed E-state index contributed by atoms with van der Waals surface area (Å²) in [6.45, 7) is 6.29. The molecule has 2 aromatic rings. The fraction of sp³-hybridized carbons (Fsp3) is 0.556. The first-order chi connectivity index (χ1) is 13.3. The molecule has 1 saturated carbocycles. The van der Waals surface area contributed by atoms with Crippen LogP contribution in [-0.2, 0) is 4.74 Å². The molecular weight excluding hydrogens is 382 g/mol. The molecule has 152 valence electrons. The van der Waals surface area contributed by atoms with Crippen molar-refractivity contribution in [1.29, 1.82) is 0 Å². The summed E-state index contributed by atoms with van der Waals surface area (Å²) in [4.78, 5) is 19.9. The van der Waals surface area contributed by atoms with Crippen LogP contribution < -0.4 is 16.0 Å². The summed E-state index contributed by atoms with van der Waals surface area (Å²) in [6.07, 6.45) is 3.21. The van der Waals surface area contributed by atoms with Crippen LogP contribution in [-0.4, -0.2) is 44.9 Å². The number of aromatic amines is 1. The summed E-state index contributed by atoms with van der Waals surface area (Å²) in [6, 6.07) is 3.73. The van der Waals surface area contributed by atoms with Crippen molar-refractivity contribution in [2.24, 2.45) is 0 Å². The maximum Gasteiger partial charge on any atom is 0.407 e. The van der Waals surface area contributed by atoms with Gasteiger partial charge in [-0.15, -0.1) is 0 Å². The van der Waals surface area contributed by atoms with Crippen LogP contribution in [0.3, 0.4) is 0 Å². The number of alkyl carbamates (subject to hydrolysis) is 1. The molecule has 1 fully saturated rings. The van der Waals surface area contributed by atoms with E-state index in [1.165, 1.54) is 19.3 Å². The molecule has 28 heavy (non-hydrogen) atoms. The van der Waals surface area contributed by atoms with E-state index >= 15 is 0 Å². The second-order valence-corrected chi connectivity index (χ2v) is 8.06. The van der Waals surface area contributed by atoms with Gasteiger partial charge in [-0.1, -0.05) is 6.42 Å². The fourth-order valence-corrected chi connectivity index (χ4v) is 2.88. The third-order valence-corrected chi connectivity index (χ3v) is 4.37. The Balaban J connectivity index is 1.50. The number of nitrogens with zero attached hydrogens (tertiary/aromatic N) is 3. The molecule has 9 nitrogen and oxygen atoms in total. The number of halogens is 1. The standard InChI is InChI=1S/C18H26ClN7O2/c1-18(2,3)28-17(27)21-8-7-20-13-10-14(24-16(19)23-13)22-15-9-12(25-26-15)11-5-4-6-11/h9-11H,4-8H2,1-3H3,(H,21,27)(H3,20,22,23,24,25,26). The van der Waals surface area contributed by atoms with Crippen LogP contribution >= 0.6 is 11.6 Å². The van der Waals surface area contributed by atoms with Crippen molar-refractivity contribution in [1.82, 2.24) is 25.5 Å². The molecule has 1 aliphatic carbocycles. The van der Waals surface area contributed by atoms with Gasteiger partial charge in [-0.05, 0) is 45.2 Å². The molecular formula is C18H26ClN7O2. The number of amides is 1. The van der Waals surface area contributed by atoms with E-state index in [0.29, 0.717) is 36.5 Å². The third-order valence-electron chi connectivity index (χ3n) is 4.20. The first kappa shape index (κ1) is 20.2. The lowest BCUT2D eigenvalue weighted by molar-refractivity contribution is 0.0530. The molecule has 0 unspecified atom stereocenters. The molecule has 0 aliphatic heterocycles. The molecule has 1 amide bonds. The molecule has 0 bridgehead atoms. The SMILES string of the molecule is CC(C)(C)OC(=O)NCCNc1cc(Nc2cc(C3CCC3)[nH]n2)nc(Cl)n1. The van der Waals surface area contributed by atoms with Crippen molar-refractivity contribution in [2.45, 2.75) is 51.6 Å². The molecule has 2 aromatic heterocycles. The van der Waals surface area contributed by atoms with E-state index in [1.807, 2.05) is 26.8 Å². The average molecular weight is 408 g/mol. The van der Waals surface area contributed by atoms with Gasteiger partial charge >= 0.3 is 6.09 Å². The number of hydrogen-bond acceptors (Lipinski definition) is 7. The fourth-order valence-electron chi connectivity index (χ4n) is 2.70. The molecule has 0 saturated heterocycles. The van der Waals surface area contributed by atoms with Crippen LogP contribution in [0.5, 0.6) is 0 Å². The Morgan fingerprint density at radius 2 is 1.96 bits per heavy atom. The molecule has 0 radical (unpaired) electrons. The third kappa shape index (κ3) is 5.98.